The first-order valence-electron chi connectivity index (χ1n) is 9.52. The lowest BCUT2D eigenvalue weighted by atomic mass is 10.1. The van der Waals surface area contributed by atoms with Gasteiger partial charge in [0, 0.05) is 33.4 Å². The standard InChI is InChI=1S/C18H26ClN5O4/c1-10(13-7-12(26-4)8-22(13)2)28-16-14-15(20-17(19)21-16)24(18(25)23(14)3)11-5-6-27-9-11/h10-13H,5-9H2,1-4H3/t10-,11+,12-,13-/m0/s1. The van der Waals surface area contributed by atoms with E-state index in [1.165, 1.54) is 4.57 Å². The Morgan fingerprint density at radius 3 is 2.75 bits per heavy atom. The first kappa shape index (κ1) is 19.6. The Hall–Kier alpha value is -1.68. The zero-order valence-electron chi connectivity index (χ0n) is 16.6. The normalized spacial score (nSPS) is 27.0. The fraction of sp³-hybridized carbons (Fsp3) is 0.722. The fourth-order valence-electron chi connectivity index (χ4n) is 4.30. The summed E-state index contributed by atoms with van der Waals surface area (Å²) in [5.41, 5.74) is 0.869. The van der Waals surface area contributed by atoms with Gasteiger partial charge in [-0.05, 0) is 38.4 Å². The van der Waals surface area contributed by atoms with E-state index in [-0.39, 0.29) is 35.3 Å². The third-order valence-electron chi connectivity index (χ3n) is 5.87. The van der Waals surface area contributed by atoms with E-state index in [1.807, 2.05) is 6.92 Å². The minimum atomic E-state index is -0.169. The van der Waals surface area contributed by atoms with Crippen LogP contribution in [-0.2, 0) is 16.5 Å². The second kappa shape index (κ2) is 7.62. The molecule has 28 heavy (non-hydrogen) atoms. The second-order valence-corrected chi connectivity index (χ2v) is 7.96. The van der Waals surface area contributed by atoms with Crippen LogP contribution >= 0.6 is 11.6 Å². The SMILES string of the molecule is CO[C@H]1C[C@@H]([C@H](C)Oc2nc(Cl)nc3c2n(C)c(=O)n3[C@@H]2CCOC2)N(C)C1. The predicted octanol–water partition coefficient (Wildman–Crippen LogP) is 1.23. The highest BCUT2D eigenvalue weighted by molar-refractivity contribution is 6.28. The van der Waals surface area contributed by atoms with Gasteiger partial charge in [0.1, 0.15) is 6.10 Å². The van der Waals surface area contributed by atoms with E-state index < -0.39 is 0 Å². The van der Waals surface area contributed by atoms with Crippen molar-refractivity contribution in [2.24, 2.45) is 7.05 Å². The molecule has 2 aliphatic heterocycles. The predicted molar refractivity (Wildman–Crippen MR) is 104 cm³/mol. The molecule has 2 aliphatic rings. The average molecular weight is 412 g/mol. The zero-order valence-corrected chi connectivity index (χ0v) is 17.3. The summed E-state index contributed by atoms with van der Waals surface area (Å²) >= 11 is 6.19. The van der Waals surface area contributed by atoms with Crippen molar-refractivity contribution in [3.05, 3.63) is 15.8 Å². The third-order valence-corrected chi connectivity index (χ3v) is 6.04. The Balaban J connectivity index is 1.71. The molecular weight excluding hydrogens is 386 g/mol. The van der Waals surface area contributed by atoms with Gasteiger partial charge in [0.05, 0.1) is 18.8 Å². The minimum Gasteiger partial charge on any atom is -0.471 e. The van der Waals surface area contributed by atoms with Crippen molar-refractivity contribution in [3.8, 4) is 5.88 Å². The molecule has 0 aromatic carbocycles. The Kier molecular flexibility index (Phi) is 5.34. The number of aryl methyl sites for hydroxylation is 1. The largest absolute Gasteiger partial charge is 0.471 e. The summed E-state index contributed by atoms with van der Waals surface area (Å²) in [4.78, 5) is 23.7. The van der Waals surface area contributed by atoms with Gasteiger partial charge >= 0.3 is 5.69 Å². The van der Waals surface area contributed by atoms with Crippen molar-refractivity contribution in [3.63, 3.8) is 0 Å². The van der Waals surface area contributed by atoms with Crippen LogP contribution in [0.4, 0.5) is 0 Å². The van der Waals surface area contributed by atoms with Gasteiger partial charge < -0.3 is 14.2 Å². The van der Waals surface area contributed by atoms with Gasteiger partial charge in [0.25, 0.3) is 0 Å². The van der Waals surface area contributed by atoms with Crippen LogP contribution in [0.25, 0.3) is 11.2 Å². The number of rotatable bonds is 5. The second-order valence-electron chi connectivity index (χ2n) is 7.62. The number of likely N-dealkylation sites (N-methyl/N-ethyl adjacent to an activating group) is 1. The smallest absolute Gasteiger partial charge is 0.330 e. The topological polar surface area (TPSA) is 83.6 Å². The summed E-state index contributed by atoms with van der Waals surface area (Å²) in [6.45, 7) is 3.96. The van der Waals surface area contributed by atoms with Gasteiger partial charge in [-0.3, -0.25) is 14.0 Å². The average Bonchev–Trinajstić information content (AvgIpc) is 3.35. The molecule has 0 bridgehead atoms. The molecule has 2 aromatic heterocycles. The quantitative estimate of drug-likeness (QED) is 0.684. The molecule has 4 atom stereocenters. The van der Waals surface area contributed by atoms with Gasteiger partial charge in [-0.2, -0.15) is 9.97 Å². The molecule has 2 saturated heterocycles. The number of methoxy groups -OCH3 is 1. The number of halogens is 1. The summed E-state index contributed by atoms with van der Waals surface area (Å²) in [5, 5.41) is 0.0579. The van der Waals surface area contributed by atoms with E-state index >= 15 is 0 Å². The molecule has 0 radical (unpaired) electrons. The maximum atomic E-state index is 12.9. The first-order chi connectivity index (χ1) is 13.4. The van der Waals surface area contributed by atoms with Crippen molar-refractivity contribution < 1.29 is 14.2 Å². The Labute approximate surface area is 168 Å². The lowest BCUT2D eigenvalue weighted by Gasteiger charge is -2.26. The van der Waals surface area contributed by atoms with Crippen LogP contribution < -0.4 is 10.4 Å². The Morgan fingerprint density at radius 1 is 1.32 bits per heavy atom. The van der Waals surface area contributed by atoms with Gasteiger partial charge in [0.15, 0.2) is 11.2 Å². The van der Waals surface area contributed by atoms with Gasteiger partial charge in [-0.15, -0.1) is 0 Å². The molecule has 2 fully saturated rings. The fourth-order valence-corrected chi connectivity index (χ4v) is 4.46. The highest BCUT2D eigenvalue weighted by Crippen LogP contribution is 2.30. The van der Waals surface area contributed by atoms with Crippen LogP contribution in [-0.4, -0.2) is 76.2 Å². The molecule has 0 spiro atoms. The lowest BCUT2D eigenvalue weighted by Crippen LogP contribution is -2.38. The zero-order chi connectivity index (χ0) is 20.0. The van der Waals surface area contributed by atoms with Crippen molar-refractivity contribution in [1.29, 1.82) is 0 Å². The van der Waals surface area contributed by atoms with Gasteiger partial charge in [-0.1, -0.05) is 0 Å². The number of fused-ring (bicyclic) bond motifs is 1. The molecule has 0 saturated carbocycles. The van der Waals surface area contributed by atoms with E-state index in [1.54, 1.807) is 18.7 Å². The molecule has 0 aliphatic carbocycles. The number of likely N-dealkylation sites (tertiary alicyclic amines) is 1. The van der Waals surface area contributed by atoms with Crippen LogP contribution in [0.1, 0.15) is 25.8 Å². The molecule has 2 aromatic rings. The number of ether oxygens (including phenoxy) is 3. The van der Waals surface area contributed by atoms with Crippen molar-refractivity contribution in [2.45, 2.75) is 44.1 Å². The van der Waals surface area contributed by atoms with Crippen LogP contribution in [0.15, 0.2) is 4.79 Å². The first-order valence-corrected chi connectivity index (χ1v) is 9.90. The molecule has 154 valence electrons. The van der Waals surface area contributed by atoms with Gasteiger partial charge in [-0.25, -0.2) is 4.79 Å². The highest BCUT2D eigenvalue weighted by atomic mass is 35.5. The summed E-state index contributed by atoms with van der Waals surface area (Å²) in [6.07, 6.45) is 1.66. The molecule has 4 rings (SSSR count). The molecule has 0 unspecified atom stereocenters. The number of imidazole rings is 1. The van der Waals surface area contributed by atoms with Crippen molar-refractivity contribution in [1.82, 2.24) is 24.0 Å². The molecular formula is C18H26ClN5O4. The molecule has 0 N–H and O–H groups in total. The highest BCUT2D eigenvalue weighted by Gasteiger charge is 2.35. The van der Waals surface area contributed by atoms with E-state index in [0.29, 0.717) is 30.3 Å². The molecule has 0 amide bonds. The van der Waals surface area contributed by atoms with E-state index in [4.69, 9.17) is 25.8 Å². The summed E-state index contributed by atoms with van der Waals surface area (Å²) in [6, 6.07) is 0.118. The molecule has 10 heteroatoms. The van der Waals surface area contributed by atoms with Crippen molar-refractivity contribution >= 4 is 22.8 Å². The third kappa shape index (κ3) is 3.30. The van der Waals surface area contributed by atoms with Crippen LogP contribution in [0, 0.1) is 0 Å². The van der Waals surface area contributed by atoms with Gasteiger partial charge in [0.2, 0.25) is 11.2 Å². The number of nitrogens with zero attached hydrogens (tertiary/aromatic N) is 5. The van der Waals surface area contributed by atoms with Crippen molar-refractivity contribution in [2.75, 3.05) is 33.9 Å². The Morgan fingerprint density at radius 2 is 2.11 bits per heavy atom. The number of aromatic nitrogens is 4. The van der Waals surface area contributed by atoms with Crippen LogP contribution in [0.2, 0.25) is 5.28 Å². The van der Waals surface area contributed by atoms with E-state index in [0.717, 1.165) is 19.4 Å². The Bertz CT molecular complexity index is 923. The summed E-state index contributed by atoms with van der Waals surface area (Å²) < 4.78 is 20.4. The lowest BCUT2D eigenvalue weighted by molar-refractivity contribution is 0.108. The van der Waals surface area contributed by atoms with E-state index in [2.05, 4.69) is 21.9 Å². The minimum absolute atomic E-state index is 0.0579. The monoisotopic (exact) mass is 411 g/mol. The molecule has 4 heterocycles. The summed E-state index contributed by atoms with van der Waals surface area (Å²) in [5.74, 6) is 0.328. The summed E-state index contributed by atoms with van der Waals surface area (Å²) in [7, 11) is 5.48. The van der Waals surface area contributed by atoms with Crippen LogP contribution in [0.5, 0.6) is 5.88 Å². The maximum absolute atomic E-state index is 12.9. The van der Waals surface area contributed by atoms with E-state index in [9.17, 15) is 4.79 Å². The number of hydrogen-bond donors (Lipinski definition) is 0. The van der Waals surface area contributed by atoms with Crippen LogP contribution in [0.3, 0.4) is 0 Å². The number of hydrogen-bond acceptors (Lipinski definition) is 7. The molecule has 9 nitrogen and oxygen atoms in total. The maximum Gasteiger partial charge on any atom is 0.330 e.